The molecule has 5 heteroatoms. The number of thiophene rings is 1. The van der Waals surface area contributed by atoms with Gasteiger partial charge in [0.2, 0.25) is 5.91 Å². The quantitative estimate of drug-likeness (QED) is 0.808. The first kappa shape index (κ1) is 17.6. The Balaban J connectivity index is 1.20. The standard InChI is InChI=1S/C21H26N2O2S/c24-21(23-12-8-20-18(16-23)9-15-26-20)17-6-10-22(11-7-17)13-14-25-19-4-2-1-3-5-19/h1-5,9,15,17H,6-8,10-14,16H2. The highest BCUT2D eigenvalue weighted by Crippen LogP contribution is 2.27. The Kier molecular flexibility index (Phi) is 5.56. The number of ether oxygens (including phenoxy) is 1. The Morgan fingerprint density at radius 3 is 2.73 bits per heavy atom. The first-order valence-electron chi connectivity index (χ1n) is 9.54. The van der Waals surface area contributed by atoms with E-state index in [0.717, 1.165) is 57.7 Å². The second-order valence-corrected chi connectivity index (χ2v) is 8.16. The Bertz CT molecular complexity index is 723. The Morgan fingerprint density at radius 1 is 1.12 bits per heavy atom. The van der Waals surface area contributed by atoms with E-state index in [4.69, 9.17) is 4.74 Å². The lowest BCUT2D eigenvalue weighted by molar-refractivity contribution is -0.138. The van der Waals surface area contributed by atoms with Crippen LogP contribution >= 0.6 is 11.3 Å². The number of hydrogen-bond acceptors (Lipinski definition) is 4. The topological polar surface area (TPSA) is 32.8 Å². The highest BCUT2D eigenvalue weighted by Gasteiger charge is 2.30. The molecule has 2 aliphatic heterocycles. The molecule has 0 N–H and O–H groups in total. The summed E-state index contributed by atoms with van der Waals surface area (Å²) in [7, 11) is 0. The smallest absolute Gasteiger partial charge is 0.226 e. The van der Waals surface area contributed by atoms with Crippen molar-refractivity contribution in [1.29, 1.82) is 0 Å². The predicted molar refractivity (Wildman–Crippen MR) is 105 cm³/mol. The van der Waals surface area contributed by atoms with Crippen LogP contribution in [0.15, 0.2) is 41.8 Å². The van der Waals surface area contributed by atoms with Crippen molar-refractivity contribution < 1.29 is 9.53 Å². The fraction of sp³-hybridized carbons (Fsp3) is 0.476. The van der Waals surface area contributed by atoms with Gasteiger partial charge >= 0.3 is 0 Å². The SMILES string of the molecule is O=C(C1CCN(CCOc2ccccc2)CC1)N1CCc2sccc2C1. The largest absolute Gasteiger partial charge is 0.492 e. The molecule has 2 aliphatic rings. The zero-order chi connectivity index (χ0) is 17.8. The summed E-state index contributed by atoms with van der Waals surface area (Å²) < 4.78 is 5.79. The Morgan fingerprint density at radius 2 is 1.92 bits per heavy atom. The van der Waals surface area contributed by atoms with E-state index in [-0.39, 0.29) is 5.92 Å². The summed E-state index contributed by atoms with van der Waals surface area (Å²) in [6.45, 7) is 5.31. The molecule has 3 heterocycles. The second-order valence-electron chi connectivity index (χ2n) is 7.16. The van der Waals surface area contributed by atoms with Gasteiger partial charge in [0, 0.05) is 30.4 Å². The van der Waals surface area contributed by atoms with Gasteiger partial charge in [0.05, 0.1) is 0 Å². The van der Waals surface area contributed by atoms with Gasteiger partial charge in [0.15, 0.2) is 0 Å². The van der Waals surface area contributed by atoms with Gasteiger partial charge in [-0.25, -0.2) is 0 Å². The van der Waals surface area contributed by atoms with Crippen molar-refractivity contribution in [3.63, 3.8) is 0 Å². The molecule has 0 bridgehead atoms. The lowest BCUT2D eigenvalue weighted by atomic mass is 9.94. The van der Waals surface area contributed by atoms with Crippen LogP contribution in [0.3, 0.4) is 0 Å². The molecule has 2 aromatic rings. The fourth-order valence-corrected chi connectivity index (χ4v) is 4.80. The number of piperidine rings is 1. The van der Waals surface area contributed by atoms with E-state index in [1.54, 1.807) is 0 Å². The first-order valence-corrected chi connectivity index (χ1v) is 10.4. The van der Waals surface area contributed by atoms with Gasteiger partial charge in [-0.1, -0.05) is 18.2 Å². The van der Waals surface area contributed by atoms with Crippen LogP contribution < -0.4 is 4.74 Å². The minimum atomic E-state index is 0.196. The molecule has 1 amide bonds. The van der Waals surface area contributed by atoms with Gasteiger partial charge < -0.3 is 9.64 Å². The minimum Gasteiger partial charge on any atom is -0.492 e. The van der Waals surface area contributed by atoms with Crippen LogP contribution in [-0.4, -0.2) is 48.5 Å². The van der Waals surface area contributed by atoms with Gasteiger partial charge in [-0.15, -0.1) is 11.3 Å². The van der Waals surface area contributed by atoms with Crippen LogP contribution in [0.2, 0.25) is 0 Å². The van der Waals surface area contributed by atoms with Crippen LogP contribution in [0.1, 0.15) is 23.3 Å². The molecule has 0 saturated carbocycles. The number of carbonyl (C=O) groups is 1. The monoisotopic (exact) mass is 370 g/mol. The highest BCUT2D eigenvalue weighted by molar-refractivity contribution is 7.10. The number of benzene rings is 1. The van der Waals surface area contributed by atoms with Crippen LogP contribution in [-0.2, 0) is 17.8 Å². The molecule has 1 aromatic heterocycles. The maximum Gasteiger partial charge on any atom is 0.226 e. The van der Waals surface area contributed by atoms with Crippen molar-refractivity contribution in [1.82, 2.24) is 9.80 Å². The van der Waals surface area contributed by atoms with Crippen LogP contribution in [0.25, 0.3) is 0 Å². The molecule has 0 aliphatic carbocycles. The van der Waals surface area contributed by atoms with Gasteiger partial charge in [-0.3, -0.25) is 9.69 Å². The summed E-state index contributed by atoms with van der Waals surface area (Å²) in [4.78, 5) is 18.8. The normalized spacial score (nSPS) is 18.5. The molecular formula is C21H26N2O2S. The van der Waals surface area contributed by atoms with E-state index in [0.29, 0.717) is 12.5 Å². The van der Waals surface area contributed by atoms with Crippen molar-refractivity contribution in [2.45, 2.75) is 25.8 Å². The van der Waals surface area contributed by atoms with Gasteiger partial charge in [-0.2, -0.15) is 0 Å². The molecule has 4 rings (SSSR count). The number of hydrogen-bond donors (Lipinski definition) is 0. The van der Waals surface area contributed by atoms with Crippen molar-refractivity contribution in [3.05, 3.63) is 52.2 Å². The maximum atomic E-state index is 12.9. The third-order valence-corrected chi connectivity index (χ3v) is 6.50. The molecule has 138 valence electrons. The summed E-state index contributed by atoms with van der Waals surface area (Å²) in [6, 6.07) is 12.1. The van der Waals surface area contributed by atoms with E-state index < -0.39 is 0 Å². The first-order chi connectivity index (χ1) is 12.8. The number of rotatable bonds is 5. The third-order valence-electron chi connectivity index (χ3n) is 5.48. The predicted octanol–water partition coefficient (Wildman–Crippen LogP) is 3.42. The second kappa shape index (κ2) is 8.23. The van der Waals surface area contributed by atoms with Gasteiger partial charge in [0.25, 0.3) is 0 Å². The van der Waals surface area contributed by atoms with Crippen LogP contribution in [0, 0.1) is 5.92 Å². The van der Waals surface area contributed by atoms with Gasteiger partial charge in [-0.05, 0) is 61.5 Å². The third kappa shape index (κ3) is 4.10. The molecule has 1 aromatic carbocycles. The number of likely N-dealkylation sites (tertiary alicyclic amines) is 1. The molecule has 0 radical (unpaired) electrons. The Labute approximate surface area is 159 Å². The number of fused-ring (bicyclic) bond motifs is 1. The van der Waals surface area contributed by atoms with Crippen molar-refractivity contribution in [2.75, 3.05) is 32.8 Å². The zero-order valence-corrected chi connectivity index (χ0v) is 15.9. The van der Waals surface area contributed by atoms with E-state index in [1.165, 1.54) is 10.4 Å². The zero-order valence-electron chi connectivity index (χ0n) is 15.1. The van der Waals surface area contributed by atoms with Crippen LogP contribution in [0.5, 0.6) is 5.75 Å². The van der Waals surface area contributed by atoms with Crippen molar-refractivity contribution in [3.8, 4) is 5.75 Å². The minimum absolute atomic E-state index is 0.196. The molecule has 1 fully saturated rings. The molecule has 0 spiro atoms. The molecule has 0 atom stereocenters. The van der Waals surface area contributed by atoms with E-state index in [2.05, 4.69) is 21.2 Å². The lowest BCUT2D eigenvalue weighted by Gasteiger charge is -2.35. The van der Waals surface area contributed by atoms with Crippen LogP contribution in [0.4, 0.5) is 0 Å². The molecule has 4 nitrogen and oxygen atoms in total. The van der Waals surface area contributed by atoms with Crippen molar-refractivity contribution in [2.24, 2.45) is 5.92 Å². The summed E-state index contributed by atoms with van der Waals surface area (Å²) in [6.07, 6.45) is 2.96. The van der Waals surface area contributed by atoms with Crippen molar-refractivity contribution >= 4 is 17.2 Å². The van der Waals surface area contributed by atoms with E-state index >= 15 is 0 Å². The molecule has 0 unspecified atom stereocenters. The maximum absolute atomic E-state index is 12.9. The average molecular weight is 371 g/mol. The highest BCUT2D eigenvalue weighted by atomic mass is 32.1. The van der Waals surface area contributed by atoms with E-state index in [1.807, 2.05) is 41.7 Å². The lowest BCUT2D eigenvalue weighted by Crippen LogP contribution is -2.44. The average Bonchev–Trinajstić information content (AvgIpc) is 3.17. The molecule has 26 heavy (non-hydrogen) atoms. The number of para-hydroxylation sites is 1. The summed E-state index contributed by atoms with van der Waals surface area (Å²) >= 11 is 1.82. The van der Waals surface area contributed by atoms with E-state index in [9.17, 15) is 4.79 Å². The molecular weight excluding hydrogens is 344 g/mol. The fourth-order valence-electron chi connectivity index (χ4n) is 3.91. The number of carbonyl (C=O) groups excluding carboxylic acids is 1. The summed E-state index contributed by atoms with van der Waals surface area (Å²) in [5.74, 6) is 1.49. The Hall–Kier alpha value is -1.85. The number of nitrogens with zero attached hydrogens (tertiary/aromatic N) is 2. The molecule has 1 saturated heterocycles. The summed E-state index contributed by atoms with van der Waals surface area (Å²) in [5, 5.41) is 2.15. The number of amides is 1. The summed E-state index contributed by atoms with van der Waals surface area (Å²) in [5.41, 5.74) is 1.35. The van der Waals surface area contributed by atoms with Gasteiger partial charge in [0.1, 0.15) is 12.4 Å².